The number of hydrogen-bond donors (Lipinski definition) is 2. The Labute approximate surface area is 121 Å². The van der Waals surface area contributed by atoms with Crippen LogP contribution in [0.3, 0.4) is 0 Å². The highest BCUT2D eigenvalue weighted by Gasteiger charge is 2.20. The van der Waals surface area contributed by atoms with Crippen LogP contribution in [0.2, 0.25) is 0 Å². The third-order valence-electron chi connectivity index (χ3n) is 3.26. The molecule has 7 heteroatoms. The molecule has 0 aliphatic carbocycles. The molecule has 1 unspecified atom stereocenters. The van der Waals surface area contributed by atoms with Gasteiger partial charge in [0.2, 0.25) is 0 Å². The van der Waals surface area contributed by atoms with Crippen LogP contribution in [0.15, 0.2) is 17.0 Å². The van der Waals surface area contributed by atoms with Crippen molar-refractivity contribution in [3.63, 3.8) is 0 Å². The molecule has 3 N–H and O–H groups in total. The average Bonchev–Trinajstić information content (AvgIpc) is 2.93. The third kappa shape index (κ3) is 2.72. The zero-order valence-corrected chi connectivity index (χ0v) is 13.0. The van der Waals surface area contributed by atoms with Crippen LogP contribution in [0.5, 0.6) is 0 Å². The van der Waals surface area contributed by atoms with E-state index in [4.69, 9.17) is 5.84 Å². The van der Waals surface area contributed by atoms with Crippen LogP contribution in [0.25, 0.3) is 0 Å². The molecular weight excluding hydrogens is 308 g/mol. The fourth-order valence-electron chi connectivity index (χ4n) is 2.21. The second kappa shape index (κ2) is 5.85. The molecule has 0 saturated heterocycles. The summed E-state index contributed by atoms with van der Waals surface area (Å²) in [5.74, 6) is 5.69. The molecule has 2 aromatic rings. The average molecular weight is 327 g/mol. The SMILES string of the molecule is CCn1nc(C)c(Br)c1CC(NN)c1cncn1C. The van der Waals surface area contributed by atoms with Gasteiger partial charge in [-0.3, -0.25) is 16.0 Å². The Hall–Kier alpha value is -1.18. The number of nitrogens with two attached hydrogens (primary N) is 1. The van der Waals surface area contributed by atoms with Crippen LogP contribution in [0.4, 0.5) is 0 Å². The maximum Gasteiger partial charge on any atom is 0.0946 e. The second-order valence-corrected chi connectivity index (χ2v) is 5.31. The number of halogens is 1. The molecule has 19 heavy (non-hydrogen) atoms. The summed E-state index contributed by atoms with van der Waals surface area (Å²) in [7, 11) is 1.96. The number of rotatable bonds is 5. The third-order valence-corrected chi connectivity index (χ3v) is 4.29. The molecule has 6 nitrogen and oxygen atoms in total. The van der Waals surface area contributed by atoms with Crippen LogP contribution in [0, 0.1) is 6.92 Å². The Morgan fingerprint density at radius 1 is 1.53 bits per heavy atom. The fourth-order valence-corrected chi connectivity index (χ4v) is 2.66. The lowest BCUT2D eigenvalue weighted by molar-refractivity contribution is 0.494. The Balaban J connectivity index is 2.31. The second-order valence-electron chi connectivity index (χ2n) is 4.51. The van der Waals surface area contributed by atoms with Gasteiger partial charge in [-0.25, -0.2) is 4.98 Å². The highest BCUT2D eigenvalue weighted by molar-refractivity contribution is 9.10. The van der Waals surface area contributed by atoms with E-state index in [9.17, 15) is 0 Å². The van der Waals surface area contributed by atoms with Crippen molar-refractivity contribution in [2.75, 3.05) is 0 Å². The maximum absolute atomic E-state index is 5.69. The van der Waals surface area contributed by atoms with Gasteiger partial charge >= 0.3 is 0 Å². The minimum Gasteiger partial charge on any atom is -0.336 e. The van der Waals surface area contributed by atoms with E-state index in [-0.39, 0.29) is 6.04 Å². The molecule has 104 valence electrons. The number of hydrogen-bond acceptors (Lipinski definition) is 4. The molecular formula is C12H19BrN6. The highest BCUT2D eigenvalue weighted by atomic mass is 79.9. The van der Waals surface area contributed by atoms with Gasteiger partial charge in [0, 0.05) is 26.2 Å². The zero-order chi connectivity index (χ0) is 14.0. The van der Waals surface area contributed by atoms with Gasteiger partial charge < -0.3 is 4.57 Å². The number of hydrazine groups is 1. The predicted molar refractivity (Wildman–Crippen MR) is 77.3 cm³/mol. The van der Waals surface area contributed by atoms with Gasteiger partial charge in [-0.1, -0.05) is 0 Å². The normalized spacial score (nSPS) is 12.9. The maximum atomic E-state index is 5.69. The van der Waals surface area contributed by atoms with Crippen molar-refractivity contribution in [3.8, 4) is 0 Å². The van der Waals surface area contributed by atoms with Crippen molar-refractivity contribution in [1.29, 1.82) is 0 Å². The summed E-state index contributed by atoms with van der Waals surface area (Å²) in [4.78, 5) is 4.14. The first-order valence-electron chi connectivity index (χ1n) is 6.22. The summed E-state index contributed by atoms with van der Waals surface area (Å²) in [6, 6.07) is 0.00481. The van der Waals surface area contributed by atoms with Crippen molar-refractivity contribution in [3.05, 3.63) is 34.1 Å². The summed E-state index contributed by atoms with van der Waals surface area (Å²) < 4.78 is 5.02. The van der Waals surface area contributed by atoms with E-state index in [1.807, 2.05) is 29.4 Å². The van der Waals surface area contributed by atoms with E-state index in [1.54, 1.807) is 6.33 Å². The molecule has 0 aliphatic heterocycles. The summed E-state index contributed by atoms with van der Waals surface area (Å²) >= 11 is 3.61. The number of nitrogens with zero attached hydrogens (tertiary/aromatic N) is 4. The molecule has 1 atom stereocenters. The van der Waals surface area contributed by atoms with Gasteiger partial charge in [0.05, 0.1) is 33.9 Å². The molecule has 0 bridgehead atoms. The van der Waals surface area contributed by atoms with Crippen LogP contribution >= 0.6 is 15.9 Å². The molecule has 0 amide bonds. The zero-order valence-electron chi connectivity index (χ0n) is 11.4. The monoisotopic (exact) mass is 326 g/mol. The van der Waals surface area contributed by atoms with E-state index in [0.29, 0.717) is 0 Å². The summed E-state index contributed by atoms with van der Waals surface area (Å²) in [5, 5.41) is 4.50. The number of aromatic nitrogens is 4. The molecule has 0 aromatic carbocycles. The van der Waals surface area contributed by atoms with Crippen molar-refractivity contribution in [2.24, 2.45) is 12.9 Å². The number of aryl methyl sites for hydroxylation is 3. The van der Waals surface area contributed by atoms with Gasteiger partial charge in [-0.05, 0) is 29.8 Å². The van der Waals surface area contributed by atoms with Crippen LogP contribution in [-0.4, -0.2) is 19.3 Å². The van der Waals surface area contributed by atoms with Crippen LogP contribution < -0.4 is 11.3 Å². The molecule has 2 aromatic heterocycles. The number of nitrogens with one attached hydrogen (secondary N) is 1. The van der Waals surface area contributed by atoms with Crippen molar-refractivity contribution in [2.45, 2.75) is 32.9 Å². The summed E-state index contributed by atoms with van der Waals surface area (Å²) in [6.45, 7) is 4.91. The van der Waals surface area contributed by atoms with Crippen molar-refractivity contribution < 1.29 is 0 Å². The standard InChI is InChI=1S/C12H19BrN6/c1-4-19-10(12(13)8(2)17-19)5-9(16-14)11-6-15-7-18(11)3/h6-7,9,16H,4-5,14H2,1-3H3. The van der Waals surface area contributed by atoms with Crippen molar-refractivity contribution in [1.82, 2.24) is 24.8 Å². The lowest BCUT2D eigenvalue weighted by Crippen LogP contribution is -2.31. The molecule has 0 saturated carbocycles. The highest BCUT2D eigenvalue weighted by Crippen LogP contribution is 2.26. The van der Waals surface area contributed by atoms with E-state index in [0.717, 1.165) is 34.5 Å². The van der Waals surface area contributed by atoms with Gasteiger partial charge in [-0.2, -0.15) is 5.10 Å². The Kier molecular flexibility index (Phi) is 4.38. The molecule has 0 aliphatic rings. The molecule has 0 fully saturated rings. The summed E-state index contributed by atoms with van der Waals surface area (Å²) in [6.07, 6.45) is 4.36. The predicted octanol–water partition coefficient (Wildman–Crippen LogP) is 1.45. The van der Waals surface area contributed by atoms with E-state index < -0.39 is 0 Å². The number of imidazole rings is 1. The quantitative estimate of drug-likeness (QED) is 0.644. The first kappa shape index (κ1) is 14.2. The van der Waals surface area contributed by atoms with Crippen LogP contribution in [0.1, 0.15) is 30.0 Å². The Morgan fingerprint density at radius 2 is 2.26 bits per heavy atom. The van der Waals surface area contributed by atoms with Gasteiger partial charge in [0.1, 0.15) is 0 Å². The van der Waals surface area contributed by atoms with E-state index >= 15 is 0 Å². The van der Waals surface area contributed by atoms with Gasteiger partial charge in [0.25, 0.3) is 0 Å². The lowest BCUT2D eigenvalue weighted by Gasteiger charge is -2.17. The first-order chi connectivity index (χ1) is 9.08. The molecule has 0 spiro atoms. The Morgan fingerprint density at radius 3 is 2.79 bits per heavy atom. The first-order valence-corrected chi connectivity index (χ1v) is 7.01. The minimum atomic E-state index is 0.00481. The molecule has 2 rings (SSSR count). The molecule has 2 heterocycles. The lowest BCUT2D eigenvalue weighted by atomic mass is 10.1. The van der Waals surface area contributed by atoms with Gasteiger partial charge in [-0.15, -0.1) is 0 Å². The topological polar surface area (TPSA) is 73.7 Å². The Bertz CT molecular complexity index is 559. The van der Waals surface area contributed by atoms with E-state index in [1.165, 1.54) is 0 Å². The summed E-state index contributed by atoms with van der Waals surface area (Å²) in [5.41, 5.74) is 6.05. The largest absolute Gasteiger partial charge is 0.336 e. The van der Waals surface area contributed by atoms with Crippen molar-refractivity contribution >= 4 is 15.9 Å². The van der Waals surface area contributed by atoms with Gasteiger partial charge in [0.15, 0.2) is 0 Å². The smallest absolute Gasteiger partial charge is 0.0946 e. The fraction of sp³-hybridized carbons (Fsp3) is 0.500. The molecule has 0 radical (unpaired) electrons. The van der Waals surface area contributed by atoms with E-state index in [2.05, 4.69) is 38.4 Å². The van der Waals surface area contributed by atoms with Crippen LogP contribution in [-0.2, 0) is 20.0 Å². The minimum absolute atomic E-state index is 0.00481.